The molecule has 6 heteroatoms. The van der Waals surface area contributed by atoms with Gasteiger partial charge < -0.3 is 5.11 Å². The van der Waals surface area contributed by atoms with E-state index in [1.165, 1.54) is 0 Å². The highest BCUT2D eigenvalue weighted by Gasteiger charge is 2.16. The van der Waals surface area contributed by atoms with E-state index in [0.29, 0.717) is 5.69 Å². The summed E-state index contributed by atoms with van der Waals surface area (Å²) in [5.41, 5.74) is 2.25. The molecule has 2 heterocycles. The van der Waals surface area contributed by atoms with E-state index in [1.54, 1.807) is 29.2 Å². The van der Waals surface area contributed by atoms with Crippen LogP contribution < -0.4 is 0 Å². The Balaban J connectivity index is 2.21. The molecule has 1 N–H and O–H groups in total. The van der Waals surface area contributed by atoms with Gasteiger partial charge in [0.15, 0.2) is 5.69 Å². The molecule has 2 aromatic heterocycles. The molecule has 3 aromatic rings. The number of pyridine rings is 1. The van der Waals surface area contributed by atoms with Gasteiger partial charge in [-0.3, -0.25) is 4.98 Å². The van der Waals surface area contributed by atoms with Crippen LogP contribution in [-0.4, -0.2) is 25.8 Å². The van der Waals surface area contributed by atoms with Gasteiger partial charge in [-0.2, -0.15) is 5.10 Å². The Hall–Kier alpha value is -2.47. The first kappa shape index (κ1) is 13.5. The Labute approximate surface area is 129 Å². The van der Waals surface area contributed by atoms with Crippen LogP contribution in [0, 0.1) is 0 Å². The van der Waals surface area contributed by atoms with Crippen molar-refractivity contribution in [3.8, 4) is 16.9 Å². The Morgan fingerprint density at radius 3 is 2.71 bits per heavy atom. The minimum absolute atomic E-state index is 0.00571. The molecule has 0 saturated heterocycles. The number of carboxylic acids is 1. The Morgan fingerprint density at radius 1 is 1.19 bits per heavy atom. The van der Waals surface area contributed by atoms with Crippen molar-refractivity contribution in [1.82, 2.24) is 14.8 Å². The summed E-state index contributed by atoms with van der Waals surface area (Å²) < 4.78 is 2.50. The number of benzene rings is 1. The molecule has 5 nitrogen and oxygen atoms in total. The molecule has 0 radical (unpaired) electrons. The molecule has 0 amide bonds. The van der Waals surface area contributed by atoms with Gasteiger partial charge in [0.2, 0.25) is 0 Å². The summed E-state index contributed by atoms with van der Waals surface area (Å²) in [4.78, 5) is 15.3. The van der Waals surface area contributed by atoms with Crippen molar-refractivity contribution < 1.29 is 9.90 Å². The van der Waals surface area contributed by atoms with Gasteiger partial charge in [0, 0.05) is 22.4 Å². The first-order chi connectivity index (χ1) is 10.1. The van der Waals surface area contributed by atoms with Crippen molar-refractivity contribution in [2.75, 3.05) is 0 Å². The fourth-order valence-electron chi connectivity index (χ4n) is 2.01. The summed E-state index contributed by atoms with van der Waals surface area (Å²) in [5, 5.41) is 13.3. The maximum atomic E-state index is 11.2. The highest BCUT2D eigenvalue weighted by Crippen LogP contribution is 2.24. The van der Waals surface area contributed by atoms with E-state index in [-0.39, 0.29) is 5.69 Å². The second-order valence-electron chi connectivity index (χ2n) is 4.35. The van der Waals surface area contributed by atoms with Crippen molar-refractivity contribution >= 4 is 21.9 Å². The van der Waals surface area contributed by atoms with Crippen molar-refractivity contribution in [3.63, 3.8) is 0 Å². The Bertz CT molecular complexity index is 800. The van der Waals surface area contributed by atoms with Gasteiger partial charge in [0.25, 0.3) is 0 Å². The van der Waals surface area contributed by atoms with E-state index in [2.05, 4.69) is 26.0 Å². The number of aromatic nitrogens is 3. The molecular weight excluding hydrogens is 334 g/mol. The maximum Gasteiger partial charge on any atom is 0.356 e. The van der Waals surface area contributed by atoms with E-state index < -0.39 is 5.97 Å². The minimum atomic E-state index is -1.06. The molecule has 0 unspecified atom stereocenters. The van der Waals surface area contributed by atoms with Crippen LogP contribution in [0.2, 0.25) is 0 Å². The lowest BCUT2D eigenvalue weighted by Crippen LogP contribution is -2.02. The average Bonchev–Trinajstić information content (AvgIpc) is 2.93. The number of hydrogen-bond acceptors (Lipinski definition) is 3. The molecule has 0 aliphatic heterocycles. The summed E-state index contributed by atoms with van der Waals surface area (Å²) >= 11 is 3.41. The molecule has 0 saturated carbocycles. The number of halogens is 1. The number of rotatable bonds is 3. The zero-order valence-electron chi connectivity index (χ0n) is 10.8. The van der Waals surface area contributed by atoms with E-state index in [1.807, 2.05) is 30.3 Å². The van der Waals surface area contributed by atoms with Crippen LogP contribution in [0.15, 0.2) is 59.3 Å². The van der Waals surface area contributed by atoms with Crippen LogP contribution >= 0.6 is 15.9 Å². The molecule has 0 bridgehead atoms. The van der Waals surface area contributed by atoms with Crippen molar-refractivity contribution in [2.24, 2.45) is 0 Å². The first-order valence-corrected chi connectivity index (χ1v) is 6.94. The molecule has 104 valence electrons. The topological polar surface area (TPSA) is 68.0 Å². The third kappa shape index (κ3) is 2.71. The molecule has 0 atom stereocenters. The van der Waals surface area contributed by atoms with E-state index in [0.717, 1.165) is 15.7 Å². The normalized spacial score (nSPS) is 10.5. The van der Waals surface area contributed by atoms with Crippen LogP contribution in [-0.2, 0) is 0 Å². The van der Waals surface area contributed by atoms with Crippen LogP contribution in [0.1, 0.15) is 10.5 Å². The number of hydrogen-bond donors (Lipinski definition) is 1. The highest BCUT2D eigenvalue weighted by molar-refractivity contribution is 9.10. The summed E-state index contributed by atoms with van der Waals surface area (Å²) in [5.74, 6) is -1.06. The number of aromatic carboxylic acids is 1. The largest absolute Gasteiger partial charge is 0.476 e. The zero-order valence-corrected chi connectivity index (χ0v) is 12.4. The lowest BCUT2D eigenvalue weighted by atomic mass is 10.2. The van der Waals surface area contributed by atoms with Crippen LogP contribution in [0.5, 0.6) is 0 Å². The fraction of sp³-hybridized carbons (Fsp3) is 0. The molecular formula is C15H10BrN3O2. The molecule has 0 spiro atoms. The van der Waals surface area contributed by atoms with Gasteiger partial charge in [-0.25, -0.2) is 9.48 Å². The molecule has 0 aliphatic carbocycles. The fourth-order valence-corrected chi connectivity index (χ4v) is 2.40. The summed E-state index contributed by atoms with van der Waals surface area (Å²) in [6.45, 7) is 0. The van der Waals surface area contributed by atoms with Crippen LogP contribution in [0.4, 0.5) is 0 Å². The van der Waals surface area contributed by atoms with Crippen molar-refractivity contribution in [3.05, 3.63) is 65.0 Å². The predicted molar refractivity (Wildman–Crippen MR) is 81.5 cm³/mol. The summed E-state index contributed by atoms with van der Waals surface area (Å²) in [6.07, 6.45) is 3.35. The molecule has 1 aromatic carbocycles. The second-order valence-corrected chi connectivity index (χ2v) is 5.27. The van der Waals surface area contributed by atoms with E-state index in [9.17, 15) is 9.90 Å². The van der Waals surface area contributed by atoms with Gasteiger partial charge >= 0.3 is 5.97 Å². The van der Waals surface area contributed by atoms with Gasteiger partial charge in [-0.1, -0.05) is 22.0 Å². The van der Waals surface area contributed by atoms with Gasteiger partial charge in [0.05, 0.1) is 11.4 Å². The van der Waals surface area contributed by atoms with Gasteiger partial charge in [0.1, 0.15) is 0 Å². The molecule has 21 heavy (non-hydrogen) atoms. The van der Waals surface area contributed by atoms with Crippen LogP contribution in [0.25, 0.3) is 16.9 Å². The number of carbonyl (C=O) groups is 1. The van der Waals surface area contributed by atoms with E-state index >= 15 is 0 Å². The summed E-state index contributed by atoms with van der Waals surface area (Å²) in [7, 11) is 0. The third-order valence-corrected chi connectivity index (χ3v) is 3.43. The Morgan fingerprint density at radius 2 is 2.05 bits per heavy atom. The third-order valence-electron chi connectivity index (χ3n) is 2.94. The van der Waals surface area contributed by atoms with Gasteiger partial charge in [-0.05, 0) is 36.4 Å². The first-order valence-electron chi connectivity index (χ1n) is 6.15. The number of nitrogens with zero attached hydrogens (tertiary/aromatic N) is 3. The highest BCUT2D eigenvalue weighted by atomic mass is 79.9. The lowest BCUT2D eigenvalue weighted by molar-refractivity contribution is 0.0690. The van der Waals surface area contributed by atoms with Crippen molar-refractivity contribution in [1.29, 1.82) is 0 Å². The zero-order chi connectivity index (χ0) is 14.8. The summed E-state index contributed by atoms with van der Waals surface area (Å²) in [6, 6.07) is 12.7. The molecule has 3 rings (SSSR count). The Kier molecular flexibility index (Phi) is 3.53. The standard InChI is InChI=1S/C15H10BrN3O2/c16-11-4-1-5-12(7-11)19-14(8-13(18-19)15(20)21)10-3-2-6-17-9-10/h1-9H,(H,20,21). The second kappa shape index (κ2) is 5.49. The minimum Gasteiger partial charge on any atom is -0.476 e. The maximum absolute atomic E-state index is 11.2. The average molecular weight is 344 g/mol. The van der Waals surface area contributed by atoms with E-state index in [4.69, 9.17) is 0 Å². The van der Waals surface area contributed by atoms with Gasteiger partial charge in [-0.15, -0.1) is 0 Å². The predicted octanol–water partition coefficient (Wildman–Crippen LogP) is 3.40. The van der Waals surface area contributed by atoms with Crippen molar-refractivity contribution in [2.45, 2.75) is 0 Å². The monoisotopic (exact) mass is 343 g/mol. The smallest absolute Gasteiger partial charge is 0.356 e. The molecule has 0 fully saturated rings. The van der Waals surface area contributed by atoms with Crippen LogP contribution in [0.3, 0.4) is 0 Å². The molecule has 0 aliphatic rings. The lowest BCUT2D eigenvalue weighted by Gasteiger charge is -2.07. The number of carboxylic acid groups (broad SMARTS) is 1. The SMILES string of the molecule is O=C(O)c1cc(-c2cccnc2)n(-c2cccc(Br)c2)n1. The quantitative estimate of drug-likeness (QED) is 0.791.